The number of carbonyl (C=O) groups is 2. The molecule has 1 N–H and O–H groups in total. The third kappa shape index (κ3) is 3.37. The van der Waals surface area contributed by atoms with Gasteiger partial charge in [0.2, 0.25) is 0 Å². The molecule has 1 aromatic carbocycles. The van der Waals surface area contributed by atoms with E-state index in [0.29, 0.717) is 22.6 Å². The van der Waals surface area contributed by atoms with Gasteiger partial charge in [0.1, 0.15) is 5.69 Å². The maximum atomic E-state index is 12.3. The Balaban J connectivity index is 1.75. The molecule has 0 radical (unpaired) electrons. The molecule has 0 saturated carbocycles. The summed E-state index contributed by atoms with van der Waals surface area (Å²) in [7, 11) is 1.35. The topological polar surface area (TPSA) is 71.5 Å². The van der Waals surface area contributed by atoms with E-state index in [2.05, 4.69) is 10.3 Å². The highest BCUT2D eigenvalue weighted by Gasteiger charge is 2.20. The lowest BCUT2D eigenvalue weighted by atomic mass is 10.1. The summed E-state index contributed by atoms with van der Waals surface area (Å²) < 4.78 is 4.78. The van der Waals surface area contributed by atoms with E-state index in [4.69, 9.17) is 4.74 Å². The normalized spacial score (nSPS) is 13.6. The van der Waals surface area contributed by atoms with Crippen molar-refractivity contribution in [3.05, 3.63) is 53.9 Å². The number of methoxy groups -OCH3 is 1. The zero-order valence-corrected chi connectivity index (χ0v) is 13.5. The molecule has 1 saturated heterocycles. The quantitative estimate of drug-likeness (QED) is 0.875. The van der Waals surface area contributed by atoms with Crippen LogP contribution >= 0.6 is 0 Å². The van der Waals surface area contributed by atoms with Crippen molar-refractivity contribution in [1.82, 2.24) is 9.88 Å². The van der Waals surface area contributed by atoms with Crippen LogP contribution in [0.5, 0.6) is 0 Å². The molecule has 1 aromatic heterocycles. The molecule has 24 heavy (non-hydrogen) atoms. The molecule has 124 valence electrons. The highest BCUT2D eigenvalue weighted by molar-refractivity contribution is 5.96. The number of ether oxygens (including phenoxy) is 1. The Morgan fingerprint density at radius 2 is 1.88 bits per heavy atom. The van der Waals surface area contributed by atoms with Crippen LogP contribution < -0.4 is 5.32 Å². The third-order valence-corrected chi connectivity index (χ3v) is 3.99. The summed E-state index contributed by atoms with van der Waals surface area (Å²) in [6, 6.07) is 10.6. The molecule has 6 nitrogen and oxygen atoms in total. The van der Waals surface area contributed by atoms with Crippen LogP contribution in [-0.4, -0.2) is 42.0 Å². The van der Waals surface area contributed by atoms with Crippen LogP contribution in [0.25, 0.3) is 0 Å². The van der Waals surface area contributed by atoms with Gasteiger partial charge in [0.15, 0.2) is 0 Å². The molecule has 0 unspecified atom stereocenters. The lowest BCUT2D eigenvalue weighted by Gasteiger charge is -2.15. The number of para-hydroxylation sites is 1. The van der Waals surface area contributed by atoms with Gasteiger partial charge in [-0.3, -0.25) is 4.79 Å². The predicted octanol–water partition coefficient (Wildman–Crippen LogP) is 2.85. The lowest BCUT2D eigenvalue weighted by Crippen LogP contribution is -2.28. The smallest absolute Gasteiger partial charge is 0.339 e. The maximum absolute atomic E-state index is 12.3. The van der Waals surface area contributed by atoms with Crippen molar-refractivity contribution in [3.63, 3.8) is 0 Å². The van der Waals surface area contributed by atoms with Crippen molar-refractivity contribution in [2.24, 2.45) is 0 Å². The Bertz CT molecular complexity index is 737. The van der Waals surface area contributed by atoms with Crippen molar-refractivity contribution in [2.45, 2.75) is 12.8 Å². The number of rotatable bonds is 4. The zero-order chi connectivity index (χ0) is 16.9. The van der Waals surface area contributed by atoms with Gasteiger partial charge in [-0.05, 0) is 37.1 Å². The minimum Gasteiger partial charge on any atom is -0.465 e. The number of hydrogen-bond donors (Lipinski definition) is 1. The lowest BCUT2D eigenvalue weighted by molar-refractivity contribution is 0.0601. The molecule has 6 heteroatoms. The van der Waals surface area contributed by atoms with Gasteiger partial charge in [-0.2, -0.15) is 0 Å². The average Bonchev–Trinajstić information content (AvgIpc) is 3.16. The molecule has 1 aliphatic heterocycles. The summed E-state index contributed by atoms with van der Waals surface area (Å²) in [6.45, 7) is 1.60. The Morgan fingerprint density at radius 3 is 2.54 bits per heavy atom. The van der Waals surface area contributed by atoms with Gasteiger partial charge >= 0.3 is 5.97 Å². The van der Waals surface area contributed by atoms with Crippen LogP contribution in [0.1, 0.15) is 33.7 Å². The first kappa shape index (κ1) is 16.0. The van der Waals surface area contributed by atoms with Crippen molar-refractivity contribution >= 4 is 23.3 Å². The van der Waals surface area contributed by atoms with Gasteiger partial charge in [-0.15, -0.1) is 0 Å². The van der Waals surface area contributed by atoms with Crippen molar-refractivity contribution < 1.29 is 14.3 Å². The molecule has 3 rings (SSSR count). The molecule has 0 aliphatic carbocycles. The number of hydrogen-bond acceptors (Lipinski definition) is 5. The maximum Gasteiger partial charge on any atom is 0.339 e. The number of likely N-dealkylation sites (tertiary alicyclic amines) is 1. The number of anilines is 2. The van der Waals surface area contributed by atoms with E-state index in [-0.39, 0.29) is 5.91 Å². The number of esters is 1. The van der Waals surface area contributed by atoms with Crippen LogP contribution in [-0.2, 0) is 4.74 Å². The number of pyridine rings is 1. The largest absolute Gasteiger partial charge is 0.465 e. The first-order valence-electron chi connectivity index (χ1n) is 7.89. The van der Waals surface area contributed by atoms with E-state index in [0.717, 1.165) is 25.9 Å². The number of carbonyl (C=O) groups excluding carboxylic acids is 2. The highest BCUT2D eigenvalue weighted by atomic mass is 16.5. The Morgan fingerprint density at radius 1 is 1.12 bits per heavy atom. The molecule has 2 heterocycles. The van der Waals surface area contributed by atoms with E-state index in [1.54, 1.807) is 36.5 Å². The van der Waals surface area contributed by atoms with E-state index in [1.165, 1.54) is 7.11 Å². The van der Waals surface area contributed by atoms with Crippen LogP contribution in [0.2, 0.25) is 0 Å². The summed E-state index contributed by atoms with van der Waals surface area (Å²) in [5.74, 6) is -0.444. The molecular formula is C18H19N3O3. The Kier molecular flexibility index (Phi) is 4.74. The third-order valence-electron chi connectivity index (χ3n) is 3.99. The monoisotopic (exact) mass is 325 g/mol. The van der Waals surface area contributed by atoms with E-state index >= 15 is 0 Å². The van der Waals surface area contributed by atoms with Gasteiger partial charge in [0.25, 0.3) is 5.91 Å². The standard InChI is InChI=1S/C18H19N3O3/c1-24-18(23)14-6-2-3-7-15(14)20-13-8-9-16(19-12-13)17(22)21-10-4-5-11-21/h2-3,6-9,12,20H,4-5,10-11H2,1H3. The number of nitrogens with one attached hydrogen (secondary N) is 1. The average molecular weight is 325 g/mol. The fraction of sp³-hybridized carbons (Fsp3) is 0.278. The van der Waals surface area contributed by atoms with Gasteiger partial charge < -0.3 is 15.0 Å². The molecule has 1 fully saturated rings. The molecule has 0 bridgehead atoms. The van der Waals surface area contributed by atoms with Crippen LogP contribution in [0.4, 0.5) is 11.4 Å². The molecule has 0 spiro atoms. The molecular weight excluding hydrogens is 306 g/mol. The molecule has 1 aliphatic rings. The van der Waals surface area contributed by atoms with Crippen LogP contribution in [0, 0.1) is 0 Å². The summed E-state index contributed by atoms with van der Waals surface area (Å²) in [6.07, 6.45) is 3.70. The summed E-state index contributed by atoms with van der Waals surface area (Å²) >= 11 is 0. The SMILES string of the molecule is COC(=O)c1ccccc1Nc1ccc(C(=O)N2CCCC2)nc1. The van der Waals surface area contributed by atoms with Gasteiger partial charge in [-0.1, -0.05) is 12.1 Å². The Labute approximate surface area is 140 Å². The minimum atomic E-state index is -0.410. The van der Waals surface area contributed by atoms with Crippen LogP contribution in [0.3, 0.4) is 0 Å². The fourth-order valence-electron chi connectivity index (χ4n) is 2.71. The summed E-state index contributed by atoms with van der Waals surface area (Å²) in [5.41, 5.74) is 2.20. The van der Waals surface area contributed by atoms with E-state index < -0.39 is 5.97 Å². The van der Waals surface area contributed by atoms with Gasteiger partial charge in [-0.25, -0.2) is 9.78 Å². The molecule has 0 atom stereocenters. The van der Waals surface area contributed by atoms with E-state index in [9.17, 15) is 9.59 Å². The molecule has 2 aromatic rings. The zero-order valence-electron chi connectivity index (χ0n) is 13.5. The van der Waals surface area contributed by atoms with E-state index in [1.807, 2.05) is 11.0 Å². The number of benzene rings is 1. The Hall–Kier alpha value is -2.89. The van der Waals surface area contributed by atoms with Crippen molar-refractivity contribution in [1.29, 1.82) is 0 Å². The number of nitrogens with zero attached hydrogens (tertiary/aromatic N) is 2. The minimum absolute atomic E-state index is 0.0333. The van der Waals surface area contributed by atoms with Crippen molar-refractivity contribution in [3.8, 4) is 0 Å². The fourth-order valence-corrected chi connectivity index (χ4v) is 2.71. The van der Waals surface area contributed by atoms with Gasteiger partial charge in [0.05, 0.1) is 30.2 Å². The second-order valence-corrected chi connectivity index (χ2v) is 5.59. The van der Waals surface area contributed by atoms with Gasteiger partial charge in [0, 0.05) is 13.1 Å². The number of aromatic nitrogens is 1. The first-order chi connectivity index (χ1) is 11.7. The predicted molar refractivity (Wildman–Crippen MR) is 90.4 cm³/mol. The second-order valence-electron chi connectivity index (χ2n) is 5.59. The second kappa shape index (κ2) is 7.12. The first-order valence-corrected chi connectivity index (χ1v) is 7.89. The molecule has 1 amide bonds. The summed E-state index contributed by atoms with van der Waals surface area (Å²) in [4.78, 5) is 30.1. The highest BCUT2D eigenvalue weighted by Crippen LogP contribution is 2.21. The van der Waals surface area contributed by atoms with Crippen molar-refractivity contribution in [2.75, 3.05) is 25.5 Å². The number of amides is 1. The van der Waals surface area contributed by atoms with Crippen LogP contribution in [0.15, 0.2) is 42.6 Å². The summed E-state index contributed by atoms with van der Waals surface area (Å²) in [5, 5.41) is 3.14.